The molecule has 126 valence electrons. The van der Waals surface area contributed by atoms with Gasteiger partial charge in [-0.05, 0) is 30.9 Å². The van der Waals surface area contributed by atoms with Gasteiger partial charge in [-0.2, -0.15) is 5.10 Å². The van der Waals surface area contributed by atoms with Crippen LogP contribution in [0.25, 0.3) is 0 Å². The van der Waals surface area contributed by atoms with Gasteiger partial charge in [0.1, 0.15) is 0 Å². The summed E-state index contributed by atoms with van der Waals surface area (Å²) in [6.45, 7) is 2.74. The van der Waals surface area contributed by atoms with Crippen LogP contribution in [0, 0.1) is 5.92 Å². The van der Waals surface area contributed by atoms with Gasteiger partial charge in [-0.15, -0.1) is 0 Å². The van der Waals surface area contributed by atoms with Crippen LogP contribution in [-0.2, 0) is 18.3 Å². The van der Waals surface area contributed by atoms with Gasteiger partial charge in [0.05, 0.1) is 18.5 Å². The second-order valence-electron chi connectivity index (χ2n) is 6.78. The van der Waals surface area contributed by atoms with E-state index in [-0.39, 0.29) is 11.8 Å². The molecule has 2 aromatic heterocycles. The molecule has 1 aliphatic heterocycles. The quantitative estimate of drug-likeness (QED) is 0.843. The average Bonchev–Trinajstić information content (AvgIpc) is 3.36. The number of rotatable bonds is 5. The summed E-state index contributed by atoms with van der Waals surface area (Å²) >= 11 is 0. The molecule has 1 amide bonds. The molecule has 1 fully saturated rings. The van der Waals surface area contributed by atoms with Crippen LogP contribution in [0.3, 0.4) is 0 Å². The molecule has 6 nitrogen and oxygen atoms in total. The van der Waals surface area contributed by atoms with Gasteiger partial charge < -0.3 is 9.64 Å². The summed E-state index contributed by atoms with van der Waals surface area (Å²) in [6, 6.07) is 3.53. The number of carbonyl (C=O) groups is 1. The van der Waals surface area contributed by atoms with Gasteiger partial charge in [-0.1, -0.05) is 0 Å². The first-order valence-corrected chi connectivity index (χ1v) is 8.50. The molecule has 24 heavy (non-hydrogen) atoms. The van der Waals surface area contributed by atoms with Gasteiger partial charge in [0.15, 0.2) is 0 Å². The number of nitrogens with zero attached hydrogens (tertiary/aromatic N) is 4. The van der Waals surface area contributed by atoms with Crippen molar-refractivity contribution in [2.24, 2.45) is 13.0 Å². The molecule has 0 radical (unpaired) electrons. The number of hydrogen-bond acceptors (Lipinski definition) is 4. The number of aromatic nitrogens is 3. The first-order valence-electron chi connectivity index (χ1n) is 8.50. The number of amides is 1. The molecule has 2 aliphatic rings. The maximum Gasteiger partial charge on any atom is 0.254 e. The largest absolute Gasteiger partial charge is 0.380 e. The van der Waals surface area contributed by atoms with E-state index in [0.29, 0.717) is 25.3 Å². The summed E-state index contributed by atoms with van der Waals surface area (Å²) < 4.78 is 7.85. The Morgan fingerprint density at radius 3 is 2.83 bits per heavy atom. The number of ether oxygens (including phenoxy) is 1. The van der Waals surface area contributed by atoms with Gasteiger partial charge in [0.25, 0.3) is 5.91 Å². The minimum atomic E-state index is 0.0408. The third kappa shape index (κ3) is 3.06. The van der Waals surface area contributed by atoms with Crippen molar-refractivity contribution in [1.29, 1.82) is 0 Å². The summed E-state index contributed by atoms with van der Waals surface area (Å²) in [5.74, 6) is 0.957. The Morgan fingerprint density at radius 1 is 1.29 bits per heavy atom. The van der Waals surface area contributed by atoms with Gasteiger partial charge in [0, 0.05) is 56.2 Å². The van der Waals surface area contributed by atoms with Crippen molar-refractivity contribution in [2.45, 2.75) is 25.3 Å². The van der Waals surface area contributed by atoms with E-state index in [0.717, 1.165) is 18.1 Å². The Labute approximate surface area is 141 Å². The molecule has 0 spiro atoms. The van der Waals surface area contributed by atoms with Gasteiger partial charge in [-0.25, -0.2) is 0 Å². The third-order valence-corrected chi connectivity index (χ3v) is 4.84. The fourth-order valence-electron chi connectivity index (χ4n) is 3.39. The fourth-order valence-corrected chi connectivity index (χ4v) is 3.39. The minimum Gasteiger partial charge on any atom is -0.380 e. The fraction of sp³-hybridized carbons (Fsp3) is 0.500. The number of aryl methyl sites for hydroxylation is 1. The number of pyridine rings is 1. The van der Waals surface area contributed by atoms with Crippen LogP contribution in [0.15, 0.2) is 30.7 Å². The van der Waals surface area contributed by atoms with E-state index in [4.69, 9.17) is 4.74 Å². The van der Waals surface area contributed by atoms with E-state index < -0.39 is 0 Å². The zero-order valence-corrected chi connectivity index (χ0v) is 13.9. The molecule has 1 aliphatic carbocycles. The number of carbonyl (C=O) groups excluding carboxylic acids is 1. The minimum absolute atomic E-state index is 0.0408. The highest BCUT2D eigenvalue weighted by Crippen LogP contribution is 2.32. The summed E-state index contributed by atoms with van der Waals surface area (Å²) in [5.41, 5.74) is 2.99. The molecule has 0 saturated heterocycles. The zero-order chi connectivity index (χ0) is 16.5. The van der Waals surface area contributed by atoms with E-state index in [1.165, 1.54) is 18.5 Å². The second kappa shape index (κ2) is 6.36. The lowest BCUT2D eigenvalue weighted by Crippen LogP contribution is -2.40. The highest BCUT2D eigenvalue weighted by Gasteiger charge is 2.32. The average molecular weight is 326 g/mol. The predicted octanol–water partition coefficient (Wildman–Crippen LogP) is 1.98. The molecule has 4 rings (SSSR count). The van der Waals surface area contributed by atoms with Crippen molar-refractivity contribution in [3.05, 3.63) is 47.5 Å². The molecular weight excluding hydrogens is 304 g/mol. The van der Waals surface area contributed by atoms with Crippen LogP contribution in [0.1, 0.15) is 40.4 Å². The Balaban J connectivity index is 1.52. The predicted molar refractivity (Wildman–Crippen MR) is 88.5 cm³/mol. The van der Waals surface area contributed by atoms with Crippen molar-refractivity contribution in [1.82, 2.24) is 19.7 Å². The van der Waals surface area contributed by atoms with E-state index in [1.807, 2.05) is 22.8 Å². The van der Waals surface area contributed by atoms with Crippen molar-refractivity contribution >= 4 is 5.91 Å². The summed E-state index contributed by atoms with van der Waals surface area (Å²) in [5, 5.41) is 4.38. The molecule has 1 saturated carbocycles. The zero-order valence-electron chi connectivity index (χ0n) is 13.9. The number of fused-ring (bicyclic) bond motifs is 1. The topological polar surface area (TPSA) is 60.2 Å². The third-order valence-electron chi connectivity index (χ3n) is 4.84. The monoisotopic (exact) mass is 326 g/mol. The molecule has 6 heteroatoms. The molecule has 2 aromatic rings. The van der Waals surface area contributed by atoms with E-state index in [9.17, 15) is 4.79 Å². The van der Waals surface area contributed by atoms with E-state index in [2.05, 4.69) is 10.1 Å². The van der Waals surface area contributed by atoms with Crippen molar-refractivity contribution < 1.29 is 9.53 Å². The van der Waals surface area contributed by atoms with Gasteiger partial charge in [-0.3, -0.25) is 14.5 Å². The second-order valence-corrected chi connectivity index (χ2v) is 6.78. The van der Waals surface area contributed by atoms with Crippen LogP contribution < -0.4 is 0 Å². The molecule has 3 heterocycles. The Kier molecular flexibility index (Phi) is 4.06. The van der Waals surface area contributed by atoms with Crippen LogP contribution in [0.4, 0.5) is 0 Å². The molecule has 1 atom stereocenters. The molecular formula is C18H22N4O2. The highest BCUT2D eigenvalue weighted by molar-refractivity contribution is 5.94. The van der Waals surface area contributed by atoms with Crippen molar-refractivity contribution in [3.63, 3.8) is 0 Å². The smallest absolute Gasteiger partial charge is 0.254 e. The van der Waals surface area contributed by atoms with Crippen LogP contribution >= 0.6 is 0 Å². The van der Waals surface area contributed by atoms with E-state index in [1.54, 1.807) is 24.5 Å². The van der Waals surface area contributed by atoms with E-state index >= 15 is 0 Å². The maximum atomic E-state index is 12.8. The Bertz CT molecular complexity index is 724. The lowest BCUT2D eigenvalue weighted by molar-refractivity contribution is 0.0621. The Hall–Kier alpha value is -2.21. The van der Waals surface area contributed by atoms with Crippen molar-refractivity contribution in [2.75, 3.05) is 19.8 Å². The lowest BCUT2D eigenvalue weighted by Gasteiger charge is -2.33. The first kappa shape index (κ1) is 15.3. The van der Waals surface area contributed by atoms with Gasteiger partial charge in [0.2, 0.25) is 0 Å². The van der Waals surface area contributed by atoms with Crippen molar-refractivity contribution in [3.8, 4) is 0 Å². The summed E-state index contributed by atoms with van der Waals surface area (Å²) in [7, 11) is 1.97. The Morgan fingerprint density at radius 2 is 2.08 bits per heavy atom. The standard InChI is InChI=1S/C18H22N4O2/c1-21-17-15(8-20-21)9-22(18(23)14-4-6-19-7-5-14)10-16(17)12-24-11-13-2-3-13/h4-8,13,16H,2-3,9-12H2,1H3. The molecule has 0 aromatic carbocycles. The normalized spacial score (nSPS) is 20.0. The maximum absolute atomic E-state index is 12.8. The molecule has 0 N–H and O–H groups in total. The summed E-state index contributed by atoms with van der Waals surface area (Å²) in [4.78, 5) is 18.7. The van der Waals surface area contributed by atoms with Crippen LogP contribution in [0.2, 0.25) is 0 Å². The number of hydrogen-bond donors (Lipinski definition) is 0. The van der Waals surface area contributed by atoms with Crippen LogP contribution in [-0.4, -0.2) is 45.3 Å². The highest BCUT2D eigenvalue weighted by atomic mass is 16.5. The SMILES string of the molecule is Cn1ncc2c1C(COCC1CC1)CN(C(=O)c1ccncc1)C2. The van der Waals surface area contributed by atoms with Gasteiger partial charge >= 0.3 is 0 Å². The summed E-state index contributed by atoms with van der Waals surface area (Å²) in [6.07, 6.45) is 7.75. The lowest BCUT2D eigenvalue weighted by atomic mass is 9.96. The first-order chi connectivity index (χ1) is 11.7. The van der Waals surface area contributed by atoms with Crippen LogP contribution in [0.5, 0.6) is 0 Å². The molecule has 0 bridgehead atoms. The molecule has 1 unspecified atom stereocenters.